The number of nitrogens with zero attached hydrogens (tertiary/aromatic N) is 2. The molecule has 0 radical (unpaired) electrons. The highest BCUT2D eigenvalue weighted by atomic mass is 127. The number of halogens is 1. The highest BCUT2D eigenvalue weighted by Crippen LogP contribution is 2.05. The zero-order valence-electron chi connectivity index (χ0n) is 13.9. The molecule has 0 aliphatic carbocycles. The van der Waals surface area contributed by atoms with Crippen molar-refractivity contribution < 1.29 is 0 Å². The van der Waals surface area contributed by atoms with Crippen LogP contribution in [0.4, 0.5) is 0 Å². The molecule has 1 rings (SSSR count). The second kappa shape index (κ2) is 14.2. The first-order valence-corrected chi connectivity index (χ1v) is 9.17. The second-order valence-corrected chi connectivity index (χ2v) is 6.00. The topological polar surface area (TPSA) is 65.1 Å². The van der Waals surface area contributed by atoms with Gasteiger partial charge in [0.2, 0.25) is 0 Å². The summed E-state index contributed by atoms with van der Waals surface area (Å²) in [7, 11) is 0. The number of nitrogens with one attached hydrogen (secondary N) is 3. The van der Waals surface area contributed by atoms with E-state index >= 15 is 0 Å². The van der Waals surface area contributed by atoms with Crippen LogP contribution in [0.3, 0.4) is 0 Å². The van der Waals surface area contributed by atoms with Gasteiger partial charge in [0, 0.05) is 25.3 Å². The summed E-state index contributed by atoms with van der Waals surface area (Å²) in [5.74, 6) is 2.17. The molecule has 1 aromatic heterocycles. The third-order valence-corrected chi connectivity index (χ3v) is 3.92. The highest BCUT2D eigenvalue weighted by Gasteiger charge is 2.00. The molecule has 0 fully saturated rings. The molecule has 0 aliphatic heterocycles. The monoisotopic (exact) mass is 439 g/mol. The number of hydrogen-bond acceptors (Lipinski definition) is 3. The van der Waals surface area contributed by atoms with Gasteiger partial charge in [-0.2, -0.15) is 16.9 Å². The van der Waals surface area contributed by atoms with Gasteiger partial charge < -0.3 is 10.6 Å². The minimum Gasteiger partial charge on any atom is -0.357 e. The van der Waals surface area contributed by atoms with E-state index in [0.717, 1.165) is 44.1 Å². The van der Waals surface area contributed by atoms with E-state index in [0.29, 0.717) is 0 Å². The Morgan fingerprint density at radius 3 is 2.77 bits per heavy atom. The van der Waals surface area contributed by atoms with E-state index in [1.165, 1.54) is 24.2 Å². The number of aromatic nitrogens is 2. The van der Waals surface area contributed by atoms with Crippen molar-refractivity contribution in [3.8, 4) is 0 Å². The highest BCUT2D eigenvalue weighted by molar-refractivity contribution is 14.0. The van der Waals surface area contributed by atoms with Crippen molar-refractivity contribution in [2.45, 2.75) is 39.5 Å². The molecule has 0 spiro atoms. The average molecular weight is 439 g/mol. The lowest BCUT2D eigenvalue weighted by Crippen LogP contribution is -2.37. The first-order valence-electron chi connectivity index (χ1n) is 7.78. The molecule has 0 aromatic carbocycles. The van der Waals surface area contributed by atoms with Crippen LogP contribution in [0, 0.1) is 6.92 Å². The van der Waals surface area contributed by atoms with E-state index < -0.39 is 0 Å². The molecule has 0 atom stereocenters. The van der Waals surface area contributed by atoms with Crippen molar-refractivity contribution in [3.05, 3.63) is 17.5 Å². The van der Waals surface area contributed by atoms with Gasteiger partial charge in [0.25, 0.3) is 0 Å². The van der Waals surface area contributed by atoms with Crippen LogP contribution < -0.4 is 10.6 Å². The summed E-state index contributed by atoms with van der Waals surface area (Å²) in [6.07, 6.45) is 8.59. The third kappa shape index (κ3) is 9.55. The van der Waals surface area contributed by atoms with Crippen molar-refractivity contribution in [1.82, 2.24) is 20.8 Å². The number of unbranched alkanes of at least 4 members (excludes halogenated alkanes) is 1. The Hall–Kier alpha value is -0.440. The number of aliphatic imine (C=N–C) groups is 1. The van der Waals surface area contributed by atoms with Crippen LogP contribution in [-0.4, -0.2) is 47.8 Å². The standard InChI is InChI=1S/C15H29N5S.HI/c1-4-16-15(17-9-5-6-11-21-3)18-10-7-8-14-12-19-20-13(14)2;/h12H,4-11H2,1-3H3,(H,19,20)(H2,16,17,18);1H. The van der Waals surface area contributed by atoms with Crippen LogP contribution in [0.1, 0.15) is 37.4 Å². The van der Waals surface area contributed by atoms with Crippen LogP contribution in [0.15, 0.2) is 11.2 Å². The molecule has 0 amide bonds. The fourth-order valence-electron chi connectivity index (χ4n) is 2.01. The summed E-state index contributed by atoms with van der Waals surface area (Å²) in [6.45, 7) is 6.89. The largest absolute Gasteiger partial charge is 0.357 e. The number of aromatic amines is 1. The fraction of sp³-hybridized carbons (Fsp3) is 0.733. The number of aryl methyl sites for hydroxylation is 2. The molecule has 0 saturated carbocycles. The van der Waals surface area contributed by atoms with E-state index in [1.807, 2.05) is 18.0 Å². The van der Waals surface area contributed by atoms with E-state index in [4.69, 9.17) is 0 Å². The molecule has 7 heteroatoms. The Balaban J connectivity index is 0.00000441. The fourth-order valence-corrected chi connectivity index (χ4v) is 2.50. The van der Waals surface area contributed by atoms with Gasteiger partial charge in [0.1, 0.15) is 0 Å². The van der Waals surface area contributed by atoms with Gasteiger partial charge in [-0.05, 0) is 57.1 Å². The van der Waals surface area contributed by atoms with Gasteiger partial charge in [-0.25, -0.2) is 0 Å². The van der Waals surface area contributed by atoms with E-state index in [-0.39, 0.29) is 24.0 Å². The van der Waals surface area contributed by atoms with Crippen LogP contribution >= 0.6 is 35.7 Å². The summed E-state index contributed by atoms with van der Waals surface area (Å²) in [6, 6.07) is 0. The smallest absolute Gasteiger partial charge is 0.191 e. The number of guanidine groups is 1. The minimum atomic E-state index is 0. The minimum absolute atomic E-state index is 0. The lowest BCUT2D eigenvalue weighted by molar-refractivity contribution is 0.729. The number of thioether (sulfide) groups is 1. The predicted octanol–water partition coefficient (Wildman–Crippen LogP) is 2.97. The number of rotatable bonds is 10. The predicted molar refractivity (Wildman–Crippen MR) is 109 cm³/mol. The molecule has 3 N–H and O–H groups in total. The zero-order valence-corrected chi connectivity index (χ0v) is 17.1. The van der Waals surface area contributed by atoms with Crippen molar-refractivity contribution in [2.75, 3.05) is 31.6 Å². The maximum absolute atomic E-state index is 4.62. The van der Waals surface area contributed by atoms with Crippen LogP contribution in [0.25, 0.3) is 0 Å². The third-order valence-electron chi connectivity index (χ3n) is 3.22. The average Bonchev–Trinajstić information content (AvgIpc) is 2.88. The summed E-state index contributed by atoms with van der Waals surface area (Å²) in [5.41, 5.74) is 2.46. The Labute approximate surface area is 155 Å². The number of H-pyrrole nitrogens is 1. The van der Waals surface area contributed by atoms with Gasteiger partial charge in [-0.1, -0.05) is 0 Å². The first-order chi connectivity index (χ1) is 10.3. The molecule has 0 bridgehead atoms. The molecule has 0 saturated heterocycles. The van der Waals surface area contributed by atoms with Crippen LogP contribution in [-0.2, 0) is 6.42 Å². The lowest BCUT2D eigenvalue weighted by atomic mass is 10.1. The number of hydrogen-bond donors (Lipinski definition) is 3. The molecule has 5 nitrogen and oxygen atoms in total. The van der Waals surface area contributed by atoms with E-state index in [1.54, 1.807) is 0 Å². The zero-order chi connectivity index (χ0) is 15.3. The summed E-state index contributed by atoms with van der Waals surface area (Å²) >= 11 is 1.91. The summed E-state index contributed by atoms with van der Waals surface area (Å²) in [5, 5.41) is 13.7. The second-order valence-electron chi connectivity index (χ2n) is 5.01. The molecule has 1 heterocycles. The van der Waals surface area contributed by atoms with Gasteiger partial charge in [-0.15, -0.1) is 24.0 Å². The first kappa shape index (κ1) is 21.6. The van der Waals surface area contributed by atoms with Gasteiger partial charge in [0.15, 0.2) is 5.96 Å². The molecular formula is C15H30IN5S. The molecule has 128 valence electrons. The normalized spacial score (nSPS) is 11.1. The van der Waals surface area contributed by atoms with Crippen molar-refractivity contribution >= 4 is 41.7 Å². The molecular weight excluding hydrogens is 409 g/mol. The SMILES string of the molecule is CCNC(=NCCCc1cn[nH]c1C)NCCCCSC.I. The molecule has 0 unspecified atom stereocenters. The molecule has 22 heavy (non-hydrogen) atoms. The van der Waals surface area contributed by atoms with Gasteiger partial charge >= 0.3 is 0 Å². The molecule has 1 aromatic rings. The molecule has 0 aliphatic rings. The van der Waals surface area contributed by atoms with Crippen LogP contribution in [0.2, 0.25) is 0 Å². The van der Waals surface area contributed by atoms with Crippen LogP contribution in [0.5, 0.6) is 0 Å². The Kier molecular flexibility index (Phi) is 13.9. The summed E-state index contributed by atoms with van der Waals surface area (Å²) < 4.78 is 0. The van der Waals surface area contributed by atoms with Gasteiger partial charge in [-0.3, -0.25) is 10.1 Å². The Morgan fingerprint density at radius 2 is 2.14 bits per heavy atom. The summed E-state index contributed by atoms with van der Waals surface area (Å²) in [4.78, 5) is 4.62. The van der Waals surface area contributed by atoms with Crippen molar-refractivity contribution in [2.24, 2.45) is 4.99 Å². The Bertz CT molecular complexity index is 408. The lowest BCUT2D eigenvalue weighted by Gasteiger charge is -2.11. The van der Waals surface area contributed by atoms with Gasteiger partial charge in [0.05, 0.1) is 6.20 Å². The van der Waals surface area contributed by atoms with Crippen molar-refractivity contribution in [3.63, 3.8) is 0 Å². The quantitative estimate of drug-likeness (QED) is 0.227. The maximum atomic E-state index is 4.62. The van der Waals surface area contributed by atoms with E-state index in [9.17, 15) is 0 Å². The van der Waals surface area contributed by atoms with Crippen molar-refractivity contribution in [1.29, 1.82) is 0 Å². The van der Waals surface area contributed by atoms with E-state index in [2.05, 4.69) is 45.9 Å². The maximum Gasteiger partial charge on any atom is 0.191 e. The Morgan fingerprint density at radius 1 is 1.32 bits per heavy atom.